The zero-order valence-electron chi connectivity index (χ0n) is 20.4. The molecule has 4 N–H and O–H groups in total. The Labute approximate surface area is 208 Å². The fourth-order valence-electron chi connectivity index (χ4n) is 7.15. The minimum Gasteiger partial charge on any atom is -0.472 e. The normalized spacial score (nSPS) is 44.6. The van der Waals surface area contributed by atoms with Crippen LogP contribution in [0.3, 0.4) is 0 Å². The van der Waals surface area contributed by atoms with Crippen molar-refractivity contribution in [1.29, 1.82) is 0 Å². The van der Waals surface area contributed by atoms with Crippen LogP contribution in [0, 0.1) is 22.7 Å². The summed E-state index contributed by atoms with van der Waals surface area (Å²) in [5, 5.41) is 39.9. The van der Waals surface area contributed by atoms with E-state index in [0.29, 0.717) is 31.3 Å². The number of rotatable bonds is 4. The van der Waals surface area contributed by atoms with E-state index in [0.717, 1.165) is 12.0 Å². The standard InChI is InChI=1S/C26H34O10/c1-25-8-6-15-22(31)34-16(13-7-9-33-12-13)10-26(15,2)18(25)5-3-4-14(25)23(32)36-24-21(30)20(29)19(28)17(11-27)35-24/h4,7,9,12,15-21,24,27-30H,3,5-6,8,10-11H2,1-2H3/t15-,16+,17-,18-,19-,20+,21-,24+,25+,26-/m1/s1. The molecule has 5 rings (SSSR count). The van der Waals surface area contributed by atoms with Crippen LogP contribution in [0.5, 0.6) is 0 Å². The number of cyclic esters (lactones) is 1. The summed E-state index contributed by atoms with van der Waals surface area (Å²) in [6.07, 6.45) is 0.175. The predicted octanol–water partition coefficient (Wildman–Crippen LogP) is 1.37. The lowest BCUT2D eigenvalue weighted by atomic mass is 9.45. The van der Waals surface area contributed by atoms with Crippen molar-refractivity contribution in [2.75, 3.05) is 6.61 Å². The Hall–Kier alpha value is -2.24. The zero-order valence-corrected chi connectivity index (χ0v) is 20.4. The molecule has 36 heavy (non-hydrogen) atoms. The highest BCUT2D eigenvalue weighted by Gasteiger charge is 2.61. The van der Waals surface area contributed by atoms with Gasteiger partial charge in [0, 0.05) is 16.6 Å². The highest BCUT2D eigenvalue weighted by atomic mass is 16.7. The molecule has 10 heteroatoms. The molecule has 2 aliphatic carbocycles. The predicted molar refractivity (Wildman–Crippen MR) is 122 cm³/mol. The number of fused-ring (bicyclic) bond motifs is 3. The Morgan fingerprint density at radius 1 is 1.17 bits per heavy atom. The topological polar surface area (TPSA) is 156 Å². The number of furan rings is 1. The smallest absolute Gasteiger partial charge is 0.336 e. The van der Waals surface area contributed by atoms with E-state index in [1.165, 1.54) is 0 Å². The molecule has 3 heterocycles. The fourth-order valence-corrected chi connectivity index (χ4v) is 7.15. The molecule has 198 valence electrons. The van der Waals surface area contributed by atoms with Gasteiger partial charge in [-0.05, 0) is 49.5 Å². The molecular weight excluding hydrogens is 472 g/mol. The Bertz CT molecular complexity index is 1020. The van der Waals surface area contributed by atoms with Crippen molar-refractivity contribution >= 4 is 11.9 Å². The van der Waals surface area contributed by atoms with E-state index < -0.39 is 60.2 Å². The maximum absolute atomic E-state index is 13.4. The van der Waals surface area contributed by atoms with Gasteiger partial charge in [0.2, 0.25) is 6.29 Å². The van der Waals surface area contributed by atoms with E-state index in [1.807, 2.05) is 13.0 Å². The van der Waals surface area contributed by atoms with Crippen LogP contribution >= 0.6 is 0 Å². The van der Waals surface area contributed by atoms with Crippen LogP contribution in [-0.2, 0) is 23.8 Å². The van der Waals surface area contributed by atoms with Crippen molar-refractivity contribution in [3.05, 3.63) is 35.8 Å². The van der Waals surface area contributed by atoms with Crippen LogP contribution in [0.4, 0.5) is 0 Å². The van der Waals surface area contributed by atoms with Gasteiger partial charge in [-0.2, -0.15) is 0 Å². The van der Waals surface area contributed by atoms with Gasteiger partial charge in [0.1, 0.15) is 30.5 Å². The number of carbonyl (C=O) groups excluding carboxylic acids is 2. The van der Waals surface area contributed by atoms with Gasteiger partial charge in [-0.3, -0.25) is 4.79 Å². The summed E-state index contributed by atoms with van der Waals surface area (Å²) in [5.74, 6) is -1.19. The van der Waals surface area contributed by atoms with Gasteiger partial charge >= 0.3 is 11.9 Å². The van der Waals surface area contributed by atoms with Crippen LogP contribution in [0.1, 0.15) is 57.6 Å². The summed E-state index contributed by atoms with van der Waals surface area (Å²) >= 11 is 0. The average molecular weight is 507 g/mol. The van der Waals surface area contributed by atoms with Crippen molar-refractivity contribution in [3.8, 4) is 0 Å². The van der Waals surface area contributed by atoms with Crippen LogP contribution in [0.2, 0.25) is 0 Å². The third-order valence-corrected chi connectivity index (χ3v) is 9.11. The number of hydrogen-bond acceptors (Lipinski definition) is 10. The van der Waals surface area contributed by atoms with Gasteiger partial charge in [0.25, 0.3) is 0 Å². The zero-order chi connectivity index (χ0) is 25.8. The second-order valence-electron chi connectivity index (χ2n) is 11.1. The molecule has 0 aromatic carbocycles. The van der Waals surface area contributed by atoms with Crippen LogP contribution in [-0.4, -0.2) is 69.7 Å². The van der Waals surface area contributed by atoms with Crippen molar-refractivity contribution in [3.63, 3.8) is 0 Å². The number of aliphatic hydroxyl groups is 4. The van der Waals surface area contributed by atoms with Gasteiger partial charge in [-0.1, -0.05) is 19.9 Å². The first-order valence-electron chi connectivity index (χ1n) is 12.5. The molecule has 0 unspecified atom stereocenters. The van der Waals surface area contributed by atoms with E-state index in [1.54, 1.807) is 18.6 Å². The van der Waals surface area contributed by atoms with Crippen LogP contribution < -0.4 is 0 Å². The van der Waals surface area contributed by atoms with Gasteiger partial charge in [-0.15, -0.1) is 0 Å². The van der Waals surface area contributed by atoms with Crippen molar-refractivity contribution in [2.45, 2.75) is 82.8 Å². The van der Waals surface area contributed by atoms with Crippen molar-refractivity contribution in [2.24, 2.45) is 22.7 Å². The fraction of sp³-hybridized carbons (Fsp3) is 0.692. The van der Waals surface area contributed by atoms with E-state index >= 15 is 0 Å². The lowest BCUT2D eigenvalue weighted by Crippen LogP contribution is -2.60. The number of esters is 2. The average Bonchev–Trinajstić information content (AvgIpc) is 3.38. The minimum absolute atomic E-state index is 0.00616. The largest absolute Gasteiger partial charge is 0.472 e. The second-order valence-corrected chi connectivity index (χ2v) is 11.1. The lowest BCUT2D eigenvalue weighted by Gasteiger charge is -2.59. The SMILES string of the molecule is C[C@@]12C[C@@H](c3ccoc3)OC(=O)[C@H]1CC[C@@]1(C)C(C(=O)O[C@@H]3O[C@H](CO)[C@@H](O)[C@H](O)[C@H]3O)=CCC[C@@H]21. The third-order valence-electron chi connectivity index (χ3n) is 9.11. The summed E-state index contributed by atoms with van der Waals surface area (Å²) in [7, 11) is 0. The van der Waals surface area contributed by atoms with Crippen molar-refractivity contribution < 1.29 is 48.6 Å². The van der Waals surface area contributed by atoms with Gasteiger partial charge < -0.3 is 39.1 Å². The number of aliphatic hydroxyl groups excluding tert-OH is 4. The van der Waals surface area contributed by atoms with Crippen LogP contribution in [0.15, 0.2) is 34.7 Å². The molecule has 10 nitrogen and oxygen atoms in total. The summed E-state index contributed by atoms with van der Waals surface area (Å²) in [6, 6.07) is 1.80. The molecule has 1 aromatic rings. The summed E-state index contributed by atoms with van der Waals surface area (Å²) in [4.78, 5) is 26.5. The second kappa shape index (κ2) is 9.25. The number of ether oxygens (including phenoxy) is 3. The quantitative estimate of drug-likeness (QED) is 0.440. The molecular formula is C26H34O10. The number of carbonyl (C=O) groups is 2. The highest BCUT2D eigenvalue weighted by molar-refractivity contribution is 5.90. The molecule has 0 amide bonds. The molecule has 4 aliphatic rings. The lowest BCUT2D eigenvalue weighted by molar-refractivity contribution is -0.292. The summed E-state index contributed by atoms with van der Waals surface area (Å²) in [6.45, 7) is 3.51. The first kappa shape index (κ1) is 25.4. The molecule has 2 aliphatic heterocycles. The van der Waals surface area contributed by atoms with Gasteiger partial charge in [0.15, 0.2) is 0 Å². The van der Waals surface area contributed by atoms with Crippen LogP contribution in [0.25, 0.3) is 0 Å². The molecule has 10 atom stereocenters. The molecule has 1 saturated carbocycles. The van der Waals surface area contributed by atoms with Gasteiger partial charge in [-0.25, -0.2) is 4.79 Å². The molecule has 1 aromatic heterocycles. The maximum atomic E-state index is 13.4. The van der Waals surface area contributed by atoms with Crippen molar-refractivity contribution in [1.82, 2.24) is 0 Å². The molecule has 3 fully saturated rings. The van der Waals surface area contributed by atoms with Gasteiger partial charge in [0.05, 0.1) is 25.1 Å². The molecule has 2 saturated heterocycles. The summed E-state index contributed by atoms with van der Waals surface area (Å²) in [5.41, 5.74) is 0.249. The first-order chi connectivity index (χ1) is 17.1. The monoisotopic (exact) mass is 506 g/mol. The molecule has 0 spiro atoms. The van der Waals surface area contributed by atoms with E-state index in [4.69, 9.17) is 18.6 Å². The third kappa shape index (κ3) is 3.90. The molecule has 0 bridgehead atoms. The maximum Gasteiger partial charge on any atom is 0.336 e. The number of allylic oxidation sites excluding steroid dienone is 1. The van der Waals surface area contributed by atoms with E-state index in [2.05, 4.69) is 6.92 Å². The Morgan fingerprint density at radius 3 is 2.64 bits per heavy atom. The number of hydrogen-bond donors (Lipinski definition) is 4. The minimum atomic E-state index is -1.67. The molecule has 0 radical (unpaired) electrons. The van der Waals surface area contributed by atoms with E-state index in [-0.39, 0.29) is 17.8 Å². The Morgan fingerprint density at radius 2 is 1.94 bits per heavy atom. The Kier molecular flexibility index (Phi) is 6.53. The summed E-state index contributed by atoms with van der Waals surface area (Å²) < 4.78 is 21.9. The van der Waals surface area contributed by atoms with E-state index in [9.17, 15) is 30.0 Å². The first-order valence-corrected chi connectivity index (χ1v) is 12.5. The highest BCUT2D eigenvalue weighted by Crippen LogP contribution is 2.64. The Balaban J connectivity index is 1.39.